The van der Waals surface area contributed by atoms with Gasteiger partial charge in [-0.2, -0.15) is 0 Å². The predicted octanol–water partition coefficient (Wildman–Crippen LogP) is 2.34. The van der Waals surface area contributed by atoms with Gasteiger partial charge in [-0.15, -0.1) is 24.0 Å². The maximum atomic E-state index is 11.9. The number of rotatable bonds is 8. The quantitative estimate of drug-likeness (QED) is 0.205. The van der Waals surface area contributed by atoms with Gasteiger partial charge in [0.2, 0.25) is 5.91 Å². The highest BCUT2D eigenvalue weighted by atomic mass is 127. The van der Waals surface area contributed by atoms with Crippen LogP contribution < -0.4 is 20.9 Å². The number of carbonyl (C=O) groups excluding carboxylic acids is 1. The van der Waals surface area contributed by atoms with E-state index in [4.69, 9.17) is 0 Å². The Balaban J connectivity index is 0.00000341. The molecule has 0 unspecified atom stereocenters. The number of guanidine groups is 1. The molecule has 0 bridgehead atoms. The molecule has 3 N–H and O–H groups in total. The van der Waals surface area contributed by atoms with E-state index in [1.54, 1.807) is 0 Å². The molecule has 0 radical (unpaired) electrons. The lowest BCUT2D eigenvalue weighted by molar-refractivity contribution is -0.122. The van der Waals surface area contributed by atoms with Crippen molar-refractivity contribution in [3.05, 3.63) is 42.0 Å². The van der Waals surface area contributed by atoms with E-state index in [9.17, 15) is 4.79 Å². The van der Waals surface area contributed by atoms with Crippen LogP contribution in [-0.4, -0.2) is 69.1 Å². The molecular weight excluding hydrogens is 503 g/mol. The second-order valence-electron chi connectivity index (χ2n) is 8.02. The highest BCUT2D eigenvalue weighted by molar-refractivity contribution is 14.0. The van der Waals surface area contributed by atoms with Crippen molar-refractivity contribution in [3.63, 3.8) is 0 Å². The molecule has 0 aliphatic carbocycles. The number of nitrogens with one attached hydrogen (secondary N) is 3. The van der Waals surface area contributed by atoms with Crippen molar-refractivity contribution in [1.82, 2.24) is 20.9 Å². The Hall–Kier alpha value is -1.81. The summed E-state index contributed by atoms with van der Waals surface area (Å²) in [6.07, 6.45) is 7.42. The molecule has 2 aliphatic heterocycles. The predicted molar refractivity (Wildman–Crippen MR) is 139 cm³/mol. The van der Waals surface area contributed by atoms with Crippen molar-refractivity contribution in [2.24, 2.45) is 4.99 Å². The van der Waals surface area contributed by atoms with Crippen LogP contribution in [0.3, 0.4) is 0 Å². The fourth-order valence-electron chi connectivity index (χ4n) is 3.88. The number of piperidine rings is 1. The molecule has 0 aromatic heterocycles. The van der Waals surface area contributed by atoms with Crippen LogP contribution in [0.5, 0.6) is 0 Å². The smallest absolute Gasteiger partial charge is 0.234 e. The maximum absolute atomic E-state index is 11.9. The second-order valence-corrected chi connectivity index (χ2v) is 8.02. The molecule has 31 heavy (non-hydrogen) atoms. The third-order valence-electron chi connectivity index (χ3n) is 5.65. The van der Waals surface area contributed by atoms with Gasteiger partial charge in [-0.25, -0.2) is 0 Å². The van der Waals surface area contributed by atoms with Gasteiger partial charge in [-0.1, -0.05) is 31.2 Å². The fourth-order valence-corrected chi connectivity index (χ4v) is 3.88. The van der Waals surface area contributed by atoms with Crippen LogP contribution in [0.25, 0.3) is 0 Å². The highest BCUT2D eigenvalue weighted by Gasteiger charge is 2.21. The second kappa shape index (κ2) is 13.6. The van der Waals surface area contributed by atoms with Crippen LogP contribution in [0.2, 0.25) is 0 Å². The Morgan fingerprint density at radius 3 is 2.58 bits per heavy atom. The lowest BCUT2D eigenvalue weighted by Crippen LogP contribution is -2.50. The van der Waals surface area contributed by atoms with Crippen LogP contribution in [0, 0.1) is 0 Å². The van der Waals surface area contributed by atoms with Crippen molar-refractivity contribution >= 4 is 41.5 Å². The number of benzene rings is 1. The number of carbonyl (C=O) groups is 1. The lowest BCUT2D eigenvalue weighted by Gasteiger charge is -2.32. The molecule has 1 aromatic carbocycles. The number of amides is 1. The number of likely N-dealkylation sites (tertiary alicyclic amines) is 1. The van der Waals surface area contributed by atoms with E-state index in [1.807, 2.05) is 7.05 Å². The highest BCUT2D eigenvalue weighted by Crippen LogP contribution is 2.18. The molecule has 8 heteroatoms. The summed E-state index contributed by atoms with van der Waals surface area (Å²) in [4.78, 5) is 20.9. The van der Waals surface area contributed by atoms with Gasteiger partial charge in [0.1, 0.15) is 0 Å². The molecule has 0 atom stereocenters. The van der Waals surface area contributed by atoms with Gasteiger partial charge in [0.15, 0.2) is 5.96 Å². The van der Waals surface area contributed by atoms with E-state index in [-0.39, 0.29) is 29.9 Å². The Labute approximate surface area is 203 Å². The minimum atomic E-state index is 0. The van der Waals surface area contributed by atoms with Gasteiger partial charge in [-0.3, -0.25) is 14.7 Å². The number of halogens is 1. The summed E-state index contributed by atoms with van der Waals surface area (Å²) < 4.78 is 0. The number of hydrogen-bond acceptors (Lipinski definition) is 4. The number of anilines is 1. The van der Waals surface area contributed by atoms with Gasteiger partial charge < -0.3 is 20.9 Å². The van der Waals surface area contributed by atoms with Crippen LogP contribution in [-0.2, 0) is 11.3 Å². The zero-order valence-electron chi connectivity index (χ0n) is 18.8. The molecule has 1 amide bonds. The molecule has 1 fully saturated rings. The normalized spacial score (nSPS) is 17.4. The van der Waals surface area contributed by atoms with Gasteiger partial charge in [0.25, 0.3) is 0 Å². The van der Waals surface area contributed by atoms with Crippen molar-refractivity contribution < 1.29 is 4.79 Å². The van der Waals surface area contributed by atoms with E-state index in [0.717, 1.165) is 64.5 Å². The number of hydrogen-bond donors (Lipinski definition) is 3. The number of nitrogens with zero attached hydrogens (tertiary/aromatic N) is 3. The van der Waals surface area contributed by atoms with Crippen molar-refractivity contribution in [2.75, 3.05) is 51.2 Å². The molecule has 7 nitrogen and oxygen atoms in total. The van der Waals surface area contributed by atoms with Crippen LogP contribution >= 0.6 is 24.0 Å². The molecular formula is C23H37IN6O. The summed E-state index contributed by atoms with van der Waals surface area (Å²) >= 11 is 0. The zero-order chi connectivity index (χ0) is 21.2. The Bertz CT molecular complexity index is 737. The van der Waals surface area contributed by atoms with Crippen LogP contribution in [0.4, 0.5) is 5.69 Å². The first-order valence-electron chi connectivity index (χ1n) is 11.1. The summed E-state index contributed by atoms with van der Waals surface area (Å²) in [6, 6.07) is 9.06. The monoisotopic (exact) mass is 540 g/mol. The molecule has 1 saturated heterocycles. The summed E-state index contributed by atoms with van der Waals surface area (Å²) in [5.74, 6) is 0.968. The average Bonchev–Trinajstić information content (AvgIpc) is 3.31. The first-order valence-corrected chi connectivity index (χ1v) is 11.1. The Morgan fingerprint density at radius 1 is 1.16 bits per heavy atom. The van der Waals surface area contributed by atoms with Gasteiger partial charge in [-0.05, 0) is 37.0 Å². The van der Waals surface area contributed by atoms with Crippen molar-refractivity contribution in [2.45, 2.75) is 38.8 Å². The Kier molecular flexibility index (Phi) is 11.1. The molecule has 3 rings (SSSR count). The first kappa shape index (κ1) is 25.5. The van der Waals surface area contributed by atoms with Crippen LogP contribution in [0.15, 0.2) is 41.4 Å². The average molecular weight is 540 g/mol. The Morgan fingerprint density at radius 2 is 1.90 bits per heavy atom. The largest absolute Gasteiger partial charge is 0.364 e. The SMILES string of the molecule is CCCNC(=O)CN1CCC(NC(=NC)NCc2cccc(N3CC=CC3)c2)CC1.I. The van der Waals surface area contributed by atoms with E-state index in [1.165, 1.54) is 11.3 Å². The molecule has 1 aromatic rings. The first-order chi connectivity index (χ1) is 14.7. The molecule has 0 spiro atoms. The fraction of sp³-hybridized carbons (Fsp3) is 0.565. The van der Waals surface area contributed by atoms with Crippen molar-refractivity contribution in [3.8, 4) is 0 Å². The van der Waals surface area contributed by atoms with E-state index >= 15 is 0 Å². The van der Waals surface area contributed by atoms with E-state index < -0.39 is 0 Å². The lowest BCUT2D eigenvalue weighted by atomic mass is 10.1. The minimum absolute atomic E-state index is 0. The summed E-state index contributed by atoms with van der Waals surface area (Å²) in [6.45, 7) is 7.91. The number of aliphatic imine (C=N–C) groups is 1. The third-order valence-corrected chi connectivity index (χ3v) is 5.65. The standard InChI is InChI=1S/C23H36N6O.HI/c1-3-11-25-22(30)18-28-14-9-20(10-15-28)27-23(24-2)26-17-19-7-6-8-21(16-19)29-12-4-5-13-29;/h4-8,16,20H,3,9-15,17-18H2,1-2H3,(H,25,30)(H2,24,26,27);1H. The van der Waals surface area contributed by atoms with Gasteiger partial charge in [0.05, 0.1) is 6.54 Å². The summed E-state index contributed by atoms with van der Waals surface area (Å²) in [5.41, 5.74) is 2.51. The maximum Gasteiger partial charge on any atom is 0.234 e. The molecule has 0 saturated carbocycles. The van der Waals surface area contributed by atoms with Gasteiger partial charge in [0, 0.05) is 58.0 Å². The van der Waals surface area contributed by atoms with E-state index in [0.29, 0.717) is 12.6 Å². The van der Waals surface area contributed by atoms with E-state index in [2.05, 4.69) is 74.1 Å². The summed E-state index contributed by atoms with van der Waals surface area (Å²) in [5, 5.41) is 9.94. The minimum Gasteiger partial charge on any atom is -0.364 e. The summed E-state index contributed by atoms with van der Waals surface area (Å²) in [7, 11) is 1.81. The van der Waals surface area contributed by atoms with Crippen LogP contribution in [0.1, 0.15) is 31.7 Å². The third kappa shape index (κ3) is 8.33. The topological polar surface area (TPSA) is 72.0 Å². The zero-order valence-corrected chi connectivity index (χ0v) is 21.1. The molecule has 2 aliphatic rings. The van der Waals surface area contributed by atoms with Crippen molar-refractivity contribution in [1.29, 1.82) is 0 Å². The van der Waals surface area contributed by atoms with Gasteiger partial charge >= 0.3 is 0 Å². The molecule has 2 heterocycles. The molecule has 172 valence electrons.